The van der Waals surface area contributed by atoms with Gasteiger partial charge in [-0.3, -0.25) is 0 Å². The maximum absolute atomic E-state index is 10.0. The van der Waals surface area contributed by atoms with Crippen LogP contribution in [0.3, 0.4) is 0 Å². The molecule has 0 saturated carbocycles. The summed E-state index contributed by atoms with van der Waals surface area (Å²) in [7, 11) is -1.68. The van der Waals surface area contributed by atoms with Gasteiger partial charge in [-0.15, -0.1) is 0 Å². The maximum Gasteiger partial charge on any atom is 0.191 e. The second kappa shape index (κ2) is 8.16. The van der Waals surface area contributed by atoms with Crippen LogP contribution in [-0.4, -0.2) is 20.0 Å². The Hall–Kier alpha value is -0.803. The van der Waals surface area contributed by atoms with Gasteiger partial charge < -0.3 is 9.53 Å². The second-order valence-corrected chi connectivity index (χ2v) is 12.6. The van der Waals surface area contributed by atoms with Gasteiger partial charge in [0.05, 0.1) is 0 Å². The van der Waals surface area contributed by atoms with E-state index in [9.17, 15) is 5.11 Å². The SMILES string of the molecule is CC.CC(C)(CCO[Si](C)(C)C(C)(C)C)c1ccccc1O. The third kappa shape index (κ3) is 5.77. The highest BCUT2D eigenvalue weighted by atomic mass is 28.4. The summed E-state index contributed by atoms with van der Waals surface area (Å²) >= 11 is 0. The molecule has 0 atom stereocenters. The third-order valence-corrected chi connectivity index (χ3v) is 9.17. The van der Waals surface area contributed by atoms with Crippen molar-refractivity contribution in [2.45, 2.75) is 78.4 Å². The molecule has 0 saturated heterocycles. The van der Waals surface area contributed by atoms with E-state index in [2.05, 4.69) is 47.7 Å². The summed E-state index contributed by atoms with van der Waals surface area (Å²) in [6, 6.07) is 7.60. The summed E-state index contributed by atoms with van der Waals surface area (Å²) in [5.41, 5.74) is 0.923. The van der Waals surface area contributed by atoms with Crippen molar-refractivity contribution < 1.29 is 9.53 Å². The van der Waals surface area contributed by atoms with E-state index in [-0.39, 0.29) is 10.5 Å². The molecule has 0 aromatic heterocycles. The number of hydrogen-bond acceptors (Lipinski definition) is 2. The van der Waals surface area contributed by atoms with E-state index in [4.69, 9.17) is 4.43 Å². The van der Waals surface area contributed by atoms with Gasteiger partial charge in [-0.2, -0.15) is 0 Å². The van der Waals surface area contributed by atoms with E-state index in [1.807, 2.05) is 32.0 Å². The number of rotatable bonds is 5. The van der Waals surface area contributed by atoms with E-state index < -0.39 is 8.32 Å². The Balaban J connectivity index is 0.00000211. The normalized spacial score (nSPS) is 12.6. The van der Waals surface area contributed by atoms with E-state index in [0.29, 0.717) is 5.75 Å². The minimum Gasteiger partial charge on any atom is -0.508 e. The largest absolute Gasteiger partial charge is 0.508 e. The molecule has 0 heterocycles. The molecule has 0 spiro atoms. The van der Waals surface area contributed by atoms with Crippen LogP contribution in [0.2, 0.25) is 18.1 Å². The smallest absolute Gasteiger partial charge is 0.191 e. The standard InChI is InChI=1S/C17H30O2Si.C2H6/c1-16(2,3)20(6,7)19-13-12-17(4,5)14-10-8-9-11-15(14)18;1-2/h8-11,18H,12-13H2,1-7H3;1-2H3. The van der Waals surface area contributed by atoms with Gasteiger partial charge in [-0.1, -0.05) is 66.7 Å². The van der Waals surface area contributed by atoms with E-state index in [1.54, 1.807) is 6.07 Å². The van der Waals surface area contributed by atoms with Crippen LogP contribution in [0.1, 0.15) is 60.5 Å². The van der Waals surface area contributed by atoms with Crippen molar-refractivity contribution in [3.05, 3.63) is 29.8 Å². The number of phenols is 1. The third-order valence-electron chi connectivity index (χ3n) is 4.63. The lowest BCUT2D eigenvalue weighted by Crippen LogP contribution is -2.41. The molecule has 1 aromatic carbocycles. The fourth-order valence-electron chi connectivity index (χ4n) is 1.96. The Morgan fingerprint density at radius 3 is 1.95 bits per heavy atom. The highest BCUT2D eigenvalue weighted by Gasteiger charge is 2.37. The first-order chi connectivity index (χ1) is 9.97. The minimum atomic E-state index is -1.68. The molecule has 0 aliphatic heterocycles. The zero-order chi connectivity index (χ0) is 17.6. The molecule has 0 aliphatic carbocycles. The molecule has 2 nitrogen and oxygen atoms in total. The molecule has 1 aromatic rings. The van der Waals surface area contributed by atoms with Crippen LogP contribution < -0.4 is 0 Å². The van der Waals surface area contributed by atoms with Crippen molar-refractivity contribution in [1.29, 1.82) is 0 Å². The highest BCUT2D eigenvalue weighted by molar-refractivity contribution is 6.74. The molecular weight excluding hydrogens is 288 g/mol. The predicted molar refractivity (Wildman–Crippen MR) is 100 cm³/mol. The molecular formula is C19H36O2Si. The van der Waals surface area contributed by atoms with Crippen LogP contribution in [0.5, 0.6) is 5.75 Å². The fraction of sp³-hybridized carbons (Fsp3) is 0.684. The van der Waals surface area contributed by atoms with Gasteiger partial charge in [0.25, 0.3) is 0 Å². The van der Waals surface area contributed by atoms with Crippen molar-refractivity contribution in [2.24, 2.45) is 0 Å². The lowest BCUT2D eigenvalue weighted by molar-refractivity contribution is 0.249. The van der Waals surface area contributed by atoms with Crippen LogP contribution >= 0.6 is 0 Å². The van der Waals surface area contributed by atoms with Crippen LogP contribution in [0, 0.1) is 0 Å². The first kappa shape index (κ1) is 21.2. The number of para-hydroxylation sites is 1. The Kier molecular flexibility index (Phi) is 7.86. The zero-order valence-corrected chi connectivity index (χ0v) is 17.1. The second-order valence-electron chi connectivity index (χ2n) is 7.76. The van der Waals surface area contributed by atoms with Crippen LogP contribution in [0.25, 0.3) is 0 Å². The Morgan fingerprint density at radius 1 is 1.00 bits per heavy atom. The molecule has 0 aliphatic rings. The average molecular weight is 325 g/mol. The van der Waals surface area contributed by atoms with E-state index >= 15 is 0 Å². The van der Waals surface area contributed by atoms with Crippen LogP contribution in [0.15, 0.2) is 24.3 Å². The number of aromatic hydroxyl groups is 1. The molecule has 0 amide bonds. The maximum atomic E-state index is 10.0. The lowest BCUT2D eigenvalue weighted by atomic mass is 9.81. The fourth-order valence-corrected chi connectivity index (χ4v) is 3.00. The molecule has 0 unspecified atom stereocenters. The molecule has 128 valence electrons. The van der Waals surface area contributed by atoms with Gasteiger partial charge in [-0.25, -0.2) is 0 Å². The van der Waals surface area contributed by atoms with Crippen LogP contribution in [0.4, 0.5) is 0 Å². The molecule has 1 N–H and O–H groups in total. The average Bonchev–Trinajstić information content (AvgIpc) is 2.39. The topological polar surface area (TPSA) is 29.5 Å². The van der Waals surface area contributed by atoms with Crippen LogP contribution in [-0.2, 0) is 9.84 Å². The van der Waals surface area contributed by atoms with E-state index in [0.717, 1.165) is 18.6 Å². The van der Waals surface area contributed by atoms with Gasteiger partial charge in [0.15, 0.2) is 8.32 Å². The molecule has 3 heteroatoms. The van der Waals surface area contributed by atoms with Crippen molar-refractivity contribution >= 4 is 8.32 Å². The quantitative estimate of drug-likeness (QED) is 0.662. The van der Waals surface area contributed by atoms with Gasteiger partial charge >= 0.3 is 0 Å². The van der Waals surface area contributed by atoms with Gasteiger partial charge in [0, 0.05) is 6.61 Å². The predicted octanol–water partition coefficient (Wildman–Crippen LogP) is 6.11. The first-order valence-corrected chi connectivity index (χ1v) is 11.3. The molecule has 0 fully saturated rings. The van der Waals surface area contributed by atoms with Gasteiger partial charge in [0.2, 0.25) is 0 Å². The summed E-state index contributed by atoms with van der Waals surface area (Å²) in [5, 5.41) is 10.2. The van der Waals surface area contributed by atoms with Gasteiger partial charge in [0.1, 0.15) is 5.75 Å². The first-order valence-electron chi connectivity index (χ1n) is 8.40. The van der Waals surface area contributed by atoms with Gasteiger partial charge in [-0.05, 0) is 41.6 Å². The Labute approximate surface area is 139 Å². The molecule has 22 heavy (non-hydrogen) atoms. The minimum absolute atomic E-state index is 0.0757. The molecule has 0 bridgehead atoms. The summed E-state index contributed by atoms with van der Waals surface area (Å²) in [6.07, 6.45) is 0.914. The number of phenolic OH excluding ortho intramolecular Hbond substituents is 1. The van der Waals surface area contributed by atoms with Crippen molar-refractivity contribution in [2.75, 3.05) is 6.61 Å². The molecule has 0 radical (unpaired) electrons. The van der Waals surface area contributed by atoms with E-state index in [1.165, 1.54) is 0 Å². The molecule has 1 rings (SSSR count). The summed E-state index contributed by atoms with van der Waals surface area (Å²) in [5.74, 6) is 0.379. The monoisotopic (exact) mass is 324 g/mol. The van der Waals surface area contributed by atoms with Crippen molar-refractivity contribution in [3.63, 3.8) is 0 Å². The highest BCUT2D eigenvalue weighted by Crippen LogP contribution is 2.38. The Morgan fingerprint density at radius 2 is 1.50 bits per heavy atom. The summed E-state index contributed by atoms with van der Waals surface area (Å²) in [6.45, 7) is 20.4. The zero-order valence-electron chi connectivity index (χ0n) is 16.1. The summed E-state index contributed by atoms with van der Waals surface area (Å²) < 4.78 is 6.25. The van der Waals surface area contributed by atoms with Crippen molar-refractivity contribution in [1.82, 2.24) is 0 Å². The number of hydrogen-bond donors (Lipinski definition) is 1. The lowest BCUT2D eigenvalue weighted by Gasteiger charge is -2.37. The van der Waals surface area contributed by atoms with Crippen molar-refractivity contribution in [3.8, 4) is 5.75 Å². The number of benzene rings is 1. The summed E-state index contributed by atoms with van der Waals surface area (Å²) in [4.78, 5) is 0. The Bertz CT molecular complexity index is 445.